The van der Waals surface area contributed by atoms with Crippen LogP contribution in [0.4, 0.5) is 0 Å². The number of rotatable bonds is 9. The van der Waals surface area contributed by atoms with Crippen LogP contribution in [0.1, 0.15) is 37.5 Å². The third kappa shape index (κ3) is 7.06. The van der Waals surface area contributed by atoms with E-state index in [0.717, 1.165) is 16.7 Å². The van der Waals surface area contributed by atoms with Crippen molar-refractivity contribution in [2.24, 2.45) is 5.92 Å². The van der Waals surface area contributed by atoms with Crippen molar-refractivity contribution in [2.45, 2.75) is 47.2 Å². The van der Waals surface area contributed by atoms with Crippen LogP contribution in [-0.4, -0.2) is 35.9 Å². The molecule has 0 aromatic heterocycles. The van der Waals surface area contributed by atoms with Crippen LogP contribution < -0.4 is 10.1 Å². The van der Waals surface area contributed by atoms with E-state index in [0.29, 0.717) is 23.2 Å². The molecule has 0 saturated carbocycles. The van der Waals surface area contributed by atoms with Crippen LogP contribution in [0, 0.1) is 19.8 Å². The summed E-state index contributed by atoms with van der Waals surface area (Å²) in [5.41, 5.74) is 2.86. The summed E-state index contributed by atoms with van der Waals surface area (Å²) in [6.45, 7) is 10.4. The molecule has 0 saturated heterocycles. The lowest BCUT2D eigenvalue weighted by Crippen LogP contribution is -2.49. The summed E-state index contributed by atoms with van der Waals surface area (Å²) < 4.78 is 5.80. The lowest BCUT2D eigenvalue weighted by molar-refractivity contribution is -0.142. The predicted octanol–water partition coefficient (Wildman–Crippen LogP) is 4.53. The summed E-state index contributed by atoms with van der Waals surface area (Å²) in [5.74, 6) is 0.544. The molecule has 1 atom stereocenters. The second-order valence-corrected chi connectivity index (χ2v) is 8.46. The molecular weight excluding hydrogens is 400 g/mol. The third-order valence-corrected chi connectivity index (χ3v) is 5.02. The molecule has 2 aromatic rings. The van der Waals surface area contributed by atoms with Crippen molar-refractivity contribution in [1.82, 2.24) is 10.2 Å². The van der Waals surface area contributed by atoms with Gasteiger partial charge in [0.25, 0.3) is 5.91 Å². The molecule has 0 radical (unpaired) electrons. The maximum absolute atomic E-state index is 13.1. The first-order chi connectivity index (χ1) is 14.2. The van der Waals surface area contributed by atoms with E-state index < -0.39 is 6.04 Å². The van der Waals surface area contributed by atoms with E-state index in [1.54, 1.807) is 19.1 Å². The van der Waals surface area contributed by atoms with Gasteiger partial charge in [-0.25, -0.2) is 0 Å². The van der Waals surface area contributed by atoms with Crippen molar-refractivity contribution in [3.8, 4) is 5.75 Å². The molecule has 2 aromatic carbocycles. The van der Waals surface area contributed by atoms with Crippen molar-refractivity contribution in [3.05, 3.63) is 64.2 Å². The van der Waals surface area contributed by atoms with Crippen LogP contribution in [-0.2, 0) is 16.1 Å². The highest BCUT2D eigenvalue weighted by atomic mass is 35.5. The van der Waals surface area contributed by atoms with Crippen LogP contribution in [0.3, 0.4) is 0 Å². The summed E-state index contributed by atoms with van der Waals surface area (Å²) in [4.78, 5) is 27.3. The van der Waals surface area contributed by atoms with Crippen LogP contribution >= 0.6 is 11.6 Å². The smallest absolute Gasteiger partial charge is 0.261 e. The Morgan fingerprint density at radius 1 is 1.10 bits per heavy atom. The maximum Gasteiger partial charge on any atom is 0.261 e. The molecule has 0 spiro atoms. The standard InChI is InChI=1S/C24H31ClN2O3/c1-16(2)13-26-24(29)19(5)27(14-20-7-6-8-21(25)12-20)23(28)15-30-22-11-17(3)9-10-18(22)4/h6-12,16,19H,13-15H2,1-5H3,(H,26,29)/t19-/m0/s1. The Labute approximate surface area is 184 Å². The molecule has 6 heteroatoms. The van der Waals surface area contributed by atoms with Gasteiger partial charge in [-0.15, -0.1) is 0 Å². The van der Waals surface area contributed by atoms with Gasteiger partial charge in [-0.2, -0.15) is 0 Å². The van der Waals surface area contributed by atoms with E-state index in [2.05, 4.69) is 5.32 Å². The largest absolute Gasteiger partial charge is 0.483 e. The first kappa shape index (κ1) is 23.7. The molecule has 5 nitrogen and oxygen atoms in total. The second kappa shape index (κ2) is 11.0. The number of carbonyl (C=O) groups excluding carboxylic acids is 2. The molecule has 0 aliphatic carbocycles. The van der Waals surface area contributed by atoms with Crippen molar-refractivity contribution >= 4 is 23.4 Å². The maximum atomic E-state index is 13.1. The lowest BCUT2D eigenvalue weighted by atomic mass is 10.1. The summed E-state index contributed by atoms with van der Waals surface area (Å²) in [6.07, 6.45) is 0. The topological polar surface area (TPSA) is 58.6 Å². The predicted molar refractivity (Wildman–Crippen MR) is 121 cm³/mol. The molecule has 0 aliphatic heterocycles. The minimum Gasteiger partial charge on any atom is -0.483 e. The monoisotopic (exact) mass is 430 g/mol. The Kier molecular flexibility index (Phi) is 8.72. The zero-order valence-corrected chi connectivity index (χ0v) is 19.1. The average Bonchev–Trinajstić information content (AvgIpc) is 2.70. The minimum atomic E-state index is -0.641. The second-order valence-electron chi connectivity index (χ2n) is 8.02. The number of benzene rings is 2. The van der Waals surface area contributed by atoms with Crippen LogP contribution in [0.25, 0.3) is 0 Å². The summed E-state index contributed by atoms with van der Waals surface area (Å²) in [5, 5.41) is 3.49. The van der Waals surface area contributed by atoms with Crippen LogP contribution in [0.5, 0.6) is 5.75 Å². The van der Waals surface area contributed by atoms with Crippen molar-refractivity contribution in [3.63, 3.8) is 0 Å². The van der Waals surface area contributed by atoms with Gasteiger partial charge in [-0.3, -0.25) is 9.59 Å². The van der Waals surface area contributed by atoms with E-state index in [1.165, 1.54) is 4.90 Å². The summed E-state index contributed by atoms with van der Waals surface area (Å²) in [6, 6.07) is 12.5. The van der Waals surface area contributed by atoms with Crippen molar-refractivity contribution < 1.29 is 14.3 Å². The van der Waals surface area contributed by atoms with Gasteiger partial charge in [0.15, 0.2) is 6.61 Å². The molecule has 162 valence electrons. The number of nitrogens with one attached hydrogen (secondary N) is 1. The summed E-state index contributed by atoms with van der Waals surface area (Å²) in [7, 11) is 0. The number of ether oxygens (including phenoxy) is 1. The molecule has 2 rings (SSSR count). The van der Waals surface area contributed by atoms with Gasteiger partial charge in [-0.1, -0.05) is 49.7 Å². The molecule has 30 heavy (non-hydrogen) atoms. The molecule has 1 N–H and O–H groups in total. The number of aryl methyl sites for hydroxylation is 2. The first-order valence-electron chi connectivity index (χ1n) is 10.2. The Hall–Kier alpha value is -2.53. The fourth-order valence-corrected chi connectivity index (χ4v) is 3.17. The zero-order valence-electron chi connectivity index (χ0n) is 18.4. The van der Waals surface area contributed by atoms with Gasteiger partial charge < -0.3 is 15.0 Å². The van der Waals surface area contributed by atoms with Crippen molar-refractivity contribution in [2.75, 3.05) is 13.2 Å². The van der Waals surface area contributed by atoms with E-state index >= 15 is 0 Å². The Balaban J connectivity index is 2.17. The number of carbonyl (C=O) groups is 2. The quantitative estimate of drug-likeness (QED) is 0.636. The highest BCUT2D eigenvalue weighted by Crippen LogP contribution is 2.20. The van der Waals surface area contributed by atoms with Gasteiger partial charge in [0, 0.05) is 18.1 Å². The number of hydrogen-bond acceptors (Lipinski definition) is 3. The minimum absolute atomic E-state index is 0.146. The zero-order chi connectivity index (χ0) is 22.3. The number of hydrogen-bond donors (Lipinski definition) is 1. The molecule has 0 fully saturated rings. The molecule has 0 bridgehead atoms. The first-order valence-corrected chi connectivity index (χ1v) is 10.6. The van der Waals surface area contributed by atoms with Crippen LogP contribution in [0.15, 0.2) is 42.5 Å². The third-order valence-electron chi connectivity index (χ3n) is 4.79. The molecule has 0 unspecified atom stereocenters. The van der Waals surface area contributed by atoms with Gasteiger partial charge in [-0.05, 0) is 61.6 Å². The van der Waals surface area contributed by atoms with Crippen molar-refractivity contribution in [1.29, 1.82) is 0 Å². The lowest BCUT2D eigenvalue weighted by Gasteiger charge is -2.29. The SMILES string of the molecule is Cc1ccc(C)c(OCC(=O)N(Cc2cccc(Cl)c2)[C@@H](C)C(=O)NCC(C)C)c1. The van der Waals surface area contributed by atoms with Crippen LogP contribution in [0.2, 0.25) is 5.02 Å². The summed E-state index contributed by atoms with van der Waals surface area (Å²) >= 11 is 6.10. The Morgan fingerprint density at radius 3 is 2.50 bits per heavy atom. The highest BCUT2D eigenvalue weighted by molar-refractivity contribution is 6.30. The number of amides is 2. The fourth-order valence-electron chi connectivity index (χ4n) is 2.95. The Morgan fingerprint density at radius 2 is 1.83 bits per heavy atom. The average molecular weight is 431 g/mol. The van der Waals surface area contributed by atoms with E-state index in [-0.39, 0.29) is 25.0 Å². The van der Waals surface area contributed by atoms with E-state index in [4.69, 9.17) is 16.3 Å². The molecular formula is C24H31ClN2O3. The Bertz CT molecular complexity index is 883. The number of nitrogens with zero attached hydrogens (tertiary/aromatic N) is 1. The van der Waals surface area contributed by atoms with Gasteiger partial charge in [0.2, 0.25) is 5.91 Å². The van der Waals surface area contributed by atoms with Gasteiger partial charge >= 0.3 is 0 Å². The fraction of sp³-hybridized carbons (Fsp3) is 0.417. The number of halogens is 1. The molecule has 0 aliphatic rings. The normalized spacial score (nSPS) is 11.8. The van der Waals surface area contributed by atoms with Gasteiger partial charge in [0.05, 0.1) is 0 Å². The van der Waals surface area contributed by atoms with E-state index in [1.807, 2.05) is 58.0 Å². The molecule has 0 heterocycles. The molecule has 2 amide bonds. The highest BCUT2D eigenvalue weighted by Gasteiger charge is 2.26. The van der Waals surface area contributed by atoms with Gasteiger partial charge in [0.1, 0.15) is 11.8 Å². The van der Waals surface area contributed by atoms with E-state index in [9.17, 15) is 9.59 Å².